The summed E-state index contributed by atoms with van der Waals surface area (Å²) in [6, 6.07) is 0. The van der Waals surface area contributed by atoms with Crippen molar-refractivity contribution in [2.24, 2.45) is 23.7 Å². The molecule has 4 N–H and O–H groups in total. The number of rotatable bonds is 5. The van der Waals surface area contributed by atoms with Crippen molar-refractivity contribution in [1.82, 2.24) is 5.32 Å². The Morgan fingerprint density at radius 3 is 2.42 bits per heavy atom. The van der Waals surface area contributed by atoms with E-state index in [1.54, 1.807) is 0 Å². The van der Waals surface area contributed by atoms with E-state index >= 15 is 0 Å². The standard InChI is InChI=1S/C13H19NO5/c1-13(19,6-15)5-14-11(16)9-7-2-3-8(4-7)10(9)12(17)18/h2-3,7-10,15,19H,4-6H2,1H3,(H,14,16)(H,17,18)/t7?,8?,9-,10+,13?/m0/s1. The molecule has 2 aliphatic carbocycles. The van der Waals surface area contributed by atoms with E-state index in [1.165, 1.54) is 6.92 Å². The number of carbonyl (C=O) groups excluding carboxylic acids is 1. The molecule has 0 aromatic rings. The van der Waals surface area contributed by atoms with E-state index in [1.807, 2.05) is 12.2 Å². The fraction of sp³-hybridized carbons (Fsp3) is 0.692. The molecule has 0 heterocycles. The van der Waals surface area contributed by atoms with Crippen molar-refractivity contribution in [3.8, 4) is 0 Å². The zero-order valence-electron chi connectivity index (χ0n) is 10.7. The molecular weight excluding hydrogens is 250 g/mol. The van der Waals surface area contributed by atoms with Gasteiger partial charge in [-0.15, -0.1) is 0 Å². The quantitative estimate of drug-likeness (QED) is 0.497. The summed E-state index contributed by atoms with van der Waals surface area (Å²) in [6.07, 6.45) is 4.47. The summed E-state index contributed by atoms with van der Waals surface area (Å²) in [5, 5.41) is 30.3. The largest absolute Gasteiger partial charge is 0.481 e. The smallest absolute Gasteiger partial charge is 0.307 e. The van der Waals surface area contributed by atoms with E-state index in [-0.39, 0.29) is 24.3 Å². The second kappa shape index (κ2) is 4.94. The predicted molar refractivity (Wildman–Crippen MR) is 66.1 cm³/mol. The summed E-state index contributed by atoms with van der Waals surface area (Å²) >= 11 is 0. The number of fused-ring (bicyclic) bond motifs is 2. The Labute approximate surface area is 111 Å². The number of carboxylic acids is 1. The second-order valence-electron chi connectivity index (χ2n) is 5.71. The van der Waals surface area contributed by atoms with E-state index in [0.717, 1.165) is 0 Å². The molecular formula is C13H19NO5. The molecule has 0 radical (unpaired) electrons. The Kier molecular flexibility index (Phi) is 3.64. The molecule has 0 aromatic carbocycles. The summed E-state index contributed by atoms with van der Waals surface area (Å²) in [5.74, 6) is -2.69. The highest BCUT2D eigenvalue weighted by molar-refractivity contribution is 5.86. The van der Waals surface area contributed by atoms with Crippen molar-refractivity contribution in [2.75, 3.05) is 13.2 Å². The van der Waals surface area contributed by atoms with Gasteiger partial charge in [0.1, 0.15) is 5.60 Å². The van der Waals surface area contributed by atoms with Gasteiger partial charge in [0.05, 0.1) is 18.4 Å². The average Bonchev–Trinajstić information content (AvgIpc) is 2.95. The van der Waals surface area contributed by atoms with Crippen LogP contribution < -0.4 is 5.32 Å². The number of carboxylic acid groups (broad SMARTS) is 1. The first-order valence-corrected chi connectivity index (χ1v) is 6.38. The fourth-order valence-electron chi connectivity index (χ4n) is 2.97. The molecule has 2 rings (SSSR count). The molecule has 3 unspecified atom stereocenters. The first kappa shape index (κ1) is 14.0. The lowest BCUT2D eigenvalue weighted by Gasteiger charge is -2.26. The number of hydrogen-bond donors (Lipinski definition) is 4. The third-order valence-electron chi connectivity index (χ3n) is 4.03. The van der Waals surface area contributed by atoms with Crippen LogP contribution in [0.1, 0.15) is 13.3 Å². The molecule has 0 saturated heterocycles. The van der Waals surface area contributed by atoms with Gasteiger partial charge in [-0.1, -0.05) is 12.2 Å². The second-order valence-corrected chi connectivity index (χ2v) is 5.71. The monoisotopic (exact) mass is 269 g/mol. The highest BCUT2D eigenvalue weighted by Gasteiger charge is 2.51. The summed E-state index contributed by atoms with van der Waals surface area (Å²) in [4.78, 5) is 23.4. The Bertz CT molecular complexity index is 417. The lowest BCUT2D eigenvalue weighted by molar-refractivity contribution is -0.148. The van der Waals surface area contributed by atoms with Crippen LogP contribution in [0.15, 0.2) is 12.2 Å². The molecule has 0 spiro atoms. The SMILES string of the molecule is CC(O)(CO)CNC(=O)[C@H]1C2C=CC(C2)[C@H]1C(=O)O. The summed E-state index contributed by atoms with van der Waals surface area (Å²) in [7, 11) is 0. The van der Waals surface area contributed by atoms with Gasteiger partial charge in [0.25, 0.3) is 0 Å². The third-order valence-corrected chi connectivity index (χ3v) is 4.03. The first-order chi connectivity index (χ1) is 8.85. The van der Waals surface area contributed by atoms with Crippen LogP contribution in [0.3, 0.4) is 0 Å². The molecule has 1 amide bonds. The Hall–Kier alpha value is -1.40. The van der Waals surface area contributed by atoms with Crippen molar-refractivity contribution >= 4 is 11.9 Å². The van der Waals surface area contributed by atoms with Crippen molar-refractivity contribution in [2.45, 2.75) is 18.9 Å². The van der Waals surface area contributed by atoms with Crippen LogP contribution in [0.4, 0.5) is 0 Å². The number of allylic oxidation sites excluding steroid dienone is 2. The summed E-state index contributed by atoms with van der Waals surface area (Å²) < 4.78 is 0. The molecule has 2 bridgehead atoms. The van der Waals surface area contributed by atoms with Gasteiger partial charge in [0, 0.05) is 6.54 Å². The minimum absolute atomic E-state index is 0.0369. The maximum Gasteiger partial charge on any atom is 0.307 e. The Morgan fingerprint density at radius 1 is 1.32 bits per heavy atom. The van der Waals surface area contributed by atoms with E-state index in [4.69, 9.17) is 5.11 Å². The van der Waals surface area contributed by atoms with Gasteiger partial charge in [-0.3, -0.25) is 9.59 Å². The molecule has 2 aliphatic rings. The summed E-state index contributed by atoms with van der Waals surface area (Å²) in [5.41, 5.74) is -1.39. The average molecular weight is 269 g/mol. The number of aliphatic hydroxyl groups is 2. The van der Waals surface area contributed by atoms with Gasteiger partial charge < -0.3 is 20.6 Å². The van der Waals surface area contributed by atoms with Crippen LogP contribution in [-0.4, -0.2) is 45.9 Å². The normalized spacial score (nSPS) is 35.1. The van der Waals surface area contributed by atoms with Crippen molar-refractivity contribution in [1.29, 1.82) is 0 Å². The lowest BCUT2D eigenvalue weighted by atomic mass is 9.82. The van der Waals surface area contributed by atoms with Crippen LogP contribution in [-0.2, 0) is 9.59 Å². The van der Waals surface area contributed by atoms with E-state index in [2.05, 4.69) is 5.32 Å². The van der Waals surface area contributed by atoms with Crippen molar-refractivity contribution in [3.63, 3.8) is 0 Å². The fourth-order valence-corrected chi connectivity index (χ4v) is 2.97. The topological polar surface area (TPSA) is 107 Å². The van der Waals surface area contributed by atoms with Crippen molar-refractivity contribution < 1.29 is 24.9 Å². The lowest BCUT2D eigenvalue weighted by Crippen LogP contribution is -2.47. The highest BCUT2D eigenvalue weighted by atomic mass is 16.4. The van der Waals surface area contributed by atoms with Crippen LogP contribution in [0, 0.1) is 23.7 Å². The van der Waals surface area contributed by atoms with Crippen molar-refractivity contribution in [3.05, 3.63) is 12.2 Å². The number of hydrogen-bond acceptors (Lipinski definition) is 4. The zero-order valence-corrected chi connectivity index (χ0v) is 10.7. The maximum absolute atomic E-state index is 12.1. The van der Waals surface area contributed by atoms with Gasteiger partial charge in [0.2, 0.25) is 5.91 Å². The molecule has 6 heteroatoms. The minimum Gasteiger partial charge on any atom is -0.481 e. The molecule has 5 atom stereocenters. The predicted octanol–water partition coefficient (Wildman–Crippen LogP) is -0.631. The first-order valence-electron chi connectivity index (χ1n) is 6.38. The minimum atomic E-state index is -1.39. The highest BCUT2D eigenvalue weighted by Crippen LogP contribution is 2.48. The molecule has 1 saturated carbocycles. The van der Waals surface area contributed by atoms with Gasteiger partial charge in [-0.2, -0.15) is 0 Å². The molecule has 0 aromatic heterocycles. The van der Waals surface area contributed by atoms with Gasteiger partial charge in [0.15, 0.2) is 0 Å². The van der Waals surface area contributed by atoms with E-state index in [0.29, 0.717) is 6.42 Å². The third kappa shape index (κ3) is 2.64. The van der Waals surface area contributed by atoms with Crippen LogP contribution in [0.5, 0.6) is 0 Å². The zero-order chi connectivity index (χ0) is 14.2. The van der Waals surface area contributed by atoms with Crippen LogP contribution in [0.2, 0.25) is 0 Å². The summed E-state index contributed by atoms with van der Waals surface area (Å²) in [6.45, 7) is 0.848. The van der Waals surface area contributed by atoms with E-state index < -0.39 is 30.0 Å². The molecule has 0 aliphatic heterocycles. The molecule has 106 valence electrons. The number of nitrogens with one attached hydrogen (secondary N) is 1. The number of aliphatic hydroxyl groups excluding tert-OH is 1. The van der Waals surface area contributed by atoms with Crippen LogP contribution in [0.25, 0.3) is 0 Å². The Balaban J connectivity index is 2.02. The molecule has 6 nitrogen and oxygen atoms in total. The van der Waals surface area contributed by atoms with E-state index in [9.17, 15) is 19.8 Å². The number of aliphatic carboxylic acids is 1. The van der Waals surface area contributed by atoms with Gasteiger partial charge in [-0.25, -0.2) is 0 Å². The van der Waals surface area contributed by atoms with Gasteiger partial charge in [-0.05, 0) is 25.2 Å². The Morgan fingerprint density at radius 2 is 1.89 bits per heavy atom. The molecule has 19 heavy (non-hydrogen) atoms. The number of amides is 1. The maximum atomic E-state index is 12.1. The van der Waals surface area contributed by atoms with Crippen LogP contribution >= 0.6 is 0 Å². The molecule has 1 fully saturated rings. The number of carbonyl (C=O) groups is 2. The van der Waals surface area contributed by atoms with Gasteiger partial charge >= 0.3 is 5.97 Å².